The smallest absolute Gasteiger partial charge is 0.227 e. The topological polar surface area (TPSA) is 20.3 Å². The highest BCUT2D eigenvalue weighted by Crippen LogP contribution is 2.26. The van der Waals surface area contributed by atoms with E-state index in [2.05, 4.69) is 0 Å². The van der Waals surface area contributed by atoms with Gasteiger partial charge in [-0.05, 0) is 30.5 Å². The summed E-state index contributed by atoms with van der Waals surface area (Å²) in [5.74, 6) is 0.392. The van der Waals surface area contributed by atoms with Crippen molar-refractivity contribution in [1.82, 2.24) is 0 Å². The van der Waals surface area contributed by atoms with Crippen molar-refractivity contribution in [3.05, 3.63) is 29.6 Å². The molecule has 0 radical (unpaired) electrons. The van der Waals surface area contributed by atoms with Crippen molar-refractivity contribution in [3.63, 3.8) is 0 Å². The maximum Gasteiger partial charge on any atom is 0.227 e. The third-order valence-corrected chi connectivity index (χ3v) is 3.33. The van der Waals surface area contributed by atoms with E-state index in [0.29, 0.717) is 30.1 Å². The molecule has 0 aliphatic carbocycles. The zero-order chi connectivity index (χ0) is 11.7. The van der Waals surface area contributed by atoms with Crippen molar-refractivity contribution in [2.45, 2.75) is 13.3 Å². The van der Waals surface area contributed by atoms with E-state index >= 15 is 0 Å². The summed E-state index contributed by atoms with van der Waals surface area (Å²) in [6, 6.07) is 4.86. The number of anilines is 1. The van der Waals surface area contributed by atoms with Crippen molar-refractivity contribution in [1.29, 1.82) is 0 Å². The number of alkyl halides is 1. The predicted molar refractivity (Wildman–Crippen MR) is 62.3 cm³/mol. The largest absolute Gasteiger partial charge is 0.312 e. The molecule has 1 atom stereocenters. The van der Waals surface area contributed by atoms with Gasteiger partial charge in [0.1, 0.15) is 5.82 Å². The van der Waals surface area contributed by atoms with Gasteiger partial charge in [-0.3, -0.25) is 4.79 Å². The van der Waals surface area contributed by atoms with E-state index in [4.69, 9.17) is 11.6 Å². The number of benzene rings is 1. The van der Waals surface area contributed by atoms with Gasteiger partial charge in [-0.25, -0.2) is 4.39 Å². The number of aryl methyl sites for hydroxylation is 1. The molecule has 1 aliphatic rings. The van der Waals surface area contributed by atoms with Crippen LogP contribution in [0.5, 0.6) is 0 Å². The number of halogens is 2. The van der Waals surface area contributed by atoms with Crippen LogP contribution in [-0.2, 0) is 4.79 Å². The second-order valence-electron chi connectivity index (χ2n) is 4.16. The van der Waals surface area contributed by atoms with E-state index in [9.17, 15) is 9.18 Å². The molecule has 1 aromatic carbocycles. The molecule has 1 amide bonds. The van der Waals surface area contributed by atoms with Gasteiger partial charge in [-0.15, -0.1) is 11.6 Å². The number of carbonyl (C=O) groups excluding carboxylic acids is 1. The predicted octanol–water partition coefficient (Wildman–Crippen LogP) is 2.73. The minimum atomic E-state index is -0.278. The van der Waals surface area contributed by atoms with Crippen molar-refractivity contribution in [2.24, 2.45) is 5.92 Å². The maximum atomic E-state index is 13.4. The first-order chi connectivity index (χ1) is 7.61. The minimum Gasteiger partial charge on any atom is -0.312 e. The quantitative estimate of drug-likeness (QED) is 0.729. The van der Waals surface area contributed by atoms with Crippen LogP contribution in [0.15, 0.2) is 18.2 Å². The van der Waals surface area contributed by atoms with E-state index in [-0.39, 0.29) is 17.6 Å². The molecule has 0 saturated carbocycles. The molecule has 0 N–H and O–H groups in total. The van der Waals surface area contributed by atoms with Gasteiger partial charge >= 0.3 is 0 Å². The number of hydrogen-bond donors (Lipinski definition) is 0. The van der Waals surface area contributed by atoms with E-state index < -0.39 is 0 Å². The molecule has 0 aromatic heterocycles. The lowest BCUT2D eigenvalue weighted by molar-refractivity contribution is -0.117. The average Bonchev–Trinajstić information content (AvgIpc) is 2.64. The van der Waals surface area contributed by atoms with Crippen molar-refractivity contribution in [3.8, 4) is 0 Å². The van der Waals surface area contributed by atoms with Crippen LogP contribution in [0.25, 0.3) is 0 Å². The Bertz CT molecular complexity index is 421. The van der Waals surface area contributed by atoms with Gasteiger partial charge in [-0.2, -0.15) is 0 Å². The Morgan fingerprint density at radius 3 is 2.88 bits per heavy atom. The molecule has 0 bridgehead atoms. The molecular formula is C12H13ClFNO. The molecular weight excluding hydrogens is 229 g/mol. The lowest BCUT2D eigenvalue weighted by atomic mass is 10.1. The average molecular weight is 242 g/mol. The van der Waals surface area contributed by atoms with Crippen LogP contribution < -0.4 is 4.90 Å². The fourth-order valence-corrected chi connectivity index (χ4v) is 2.09. The van der Waals surface area contributed by atoms with Crippen LogP contribution >= 0.6 is 11.6 Å². The first-order valence-corrected chi connectivity index (χ1v) is 5.77. The standard InChI is InChI=1S/C12H13ClFNO/c1-8-2-3-10(5-11(8)14)15-7-9(6-13)4-12(15)16/h2-3,5,9H,4,6-7H2,1H3. The SMILES string of the molecule is Cc1ccc(N2CC(CCl)CC2=O)cc1F. The zero-order valence-electron chi connectivity index (χ0n) is 9.04. The Morgan fingerprint density at radius 1 is 1.56 bits per heavy atom. The molecule has 1 aliphatic heterocycles. The van der Waals surface area contributed by atoms with Gasteiger partial charge in [0.15, 0.2) is 0 Å². The van der Waals surface area contributed by atoms with Gasteiger partial charge in [-0.1, -0.05) is 6.07 Å². The number of amides is 1. The molecule has 0 spiro atoms. The summed E-state index contributed by atoms with van der Waals surface area (Å²) in [7, 11) is 0. The summed E-state index contributed by atoms with van der Waals surface area (Å²) in [4.78, 5) is 13.3. The van der Waals surface area contributed by atoms with E-state index in [1.54, 1.807) is 24.0 Å². The first kappa shape index (κ1) is 11.4. The number of nitrogens with zero attached hydrogens (tertiary/aromatic N) is 1. The molecule has 1 heterocycles. The summed E-state index contributed by atoms with van der Waals surface area (Å²) in [6.45, 7) is 2.29. The third kappa shape index (κ3) is 2.05. The van der Waals surface area contributed by atoms with E-state index in [1.807, 2.05) is 0 Å². The van der Waals surface area contributed by atoms with Crippen LogP contribution in [0.1, 0.15) is 12.0 Å². The van der Waals surface area contributed by atoms with Gasteiger partial charge in [0.05, 0.1) is 0 Å². The number of carbonyl (C=O) groups is 1. The van der Waals surface area contributed by atoms with Crippen LogP contribution in [-0.4, -0.2) is 18.3 Å². The summed E-state index contributed by atoms with van der Waals surface area (Å²) < 4.78 is 13.4. The third-order valence-electron chi connectivity index (χ3n) is 2.89. The van der Waals surface area contributed by atoms with Gasteiger partial charge < -0.3 is 4.90 Å². The molecule has 1 fully saturated rings. The number of hydrogen-bond acceptors (Lipinski definition) is 1. The molecule has 86 valence electrons. The lowest BCUT2D eigenvalue weighted by Gasteiger charge is -2.16. The Kier molecular flexibility index (Phi) is 3.15. The minimum absolute atomic E-state index is 0.0221. The summed E-state index contributed by atoms with van der Waals surface area (Å²) in [5.41, 5.74) is 1.21. The maximum absolute atomic E-state index is 13.4. The van der Waals surface area contributed by atoms with Crippen molar-refractivity contribution in [2.75, 3.05) is 17.3 Å². The van der Waals surface area contributed by atoms with E-state index in [0.717, 1.165) is 0 Å². The van der Waals surface area contributed by atoms with Crippen LogP contribution in [0.2, 0.25) is 0 Å². The molecule has 2 nitrogen and oxygen atoms in total. The van der Waals surface area contributed by atoms with Crippen LogP contribution in [0, 0.1) is 18.7 Å². The van der Waals surface area contributed by atoms with Gasteiger partial charge in [0.25, 0.3) is 0 Å². The molecule has 1 saturated heterocycles. The van der Waals surface area contributed by atoms with Gasteiger partial charge in [0, 0.05) is 24.5 Å². The fraction of sp³-hybridized carbons (Fsp3) is 0.417. The van der Waals surface area contributed by atoms with Crippen LogP contribution in [0.3, 0.4) is 0 Å². The normalized spacial score (nSPS) is 20.6. The Balaban J connectivity index is 2.24. The monoisotopic (exact) mass is 241 g/mol. The molecule has 1 aromatic rings. The summed E-state index contributed by atoms with van der Waals surface area (Å²) >= 11 is 5.73. The molecule has 2 rings (SSSR count). The Hall–Kier alpha value is -1.09. The second-order valence-corrected chi connectivity index (χ2v) is 4.47. The zero-order valence-corrected chi connectivity index (χ0v) is 9.80. The highest BCUT2D eigenvalue weighted by Gasteiger charge is 2.30. The van der Waals surface area contributed by atoms with Crippen LogP contribution in [0.4, 0.5) is 10.1 Å². The fourth-order valence-electron chi connectivity index (χ4n) is 1.88. The van der Waals surface area contributed by atoms with Gasteiger partial charge in [0.2, 0.25) is 5.91 Å². The molecule has 16 heavy (non-hydrogen) atoms. The highest BCUT2D eigenvalue weighted by atomic mass is 35.5. The van der Waals surface area contributed by atoms with Crippen molar-refractivity contribution < 1.29 is 9.18 Å². The summed E-state index contributed by atoms with van der Waals surface area (Å²) in [6.07, 6.45) is 0.457. The first-order valence-electron chi connectivity index (χ1n) is 5.24. The molecule has 1 unspecified atom stereocenters. The van der Waals surface area contributed by atoms with E-state index in [1.165, 1.54) is 6.07 Å². The Morgan fingerprint density at radius 2 is 2.31 bits per heavy atom. The lowest BCUT2D eigenvalue weighted by Crippen LogP contribution is -2.24. The highest BCUT2D eigenvalue weighted by molar-refractivity contribution is 6.18. The summed E-state index contributed by atoms with van der Waals surface area (Å²) in [5, 5.41) is 0. The second kappa shape index (κ2) is 4.42. The molecule has 4 heteroatoms. The number of rotatable bonds is 2. The van der Waals surface area contributed by atoms with Crippen molar-refractivity contribution >= 4 is 23.2 Å². The Labute approximate surface area is 99.0 Å².